The van der Waals surface area contributed by atoms with Gasteiger partial charge in [-0.1, -0.05) is 11.6 Å². The van der Waals surface area contributed by atoms with Crippen LogP contribution < -0.4 is 5.32 Å². The van der Waals surface area contributed by atoms with E-state index < -0.39 is 11.7 Å². The molecule has 1 saturated heterocycles. The first kappa shape index (κ1) is 19.3. The molecular formula is C21H28N2O4. The van der Waals surface area contributed by atoms with Crippen molar-refractivity contribution in [3.63, 3.8) is 0 Å². The van der Waals surface area contributed by atoms with Crippen molar-refractivity contribution in [2.24, 2.45) is 0 Å². The molecule has 146 valence electrons. The van der Waals surface area contributed by atoms with Gasteiger partial charge in [-0.05, 0) is 65.2 Å². The average molecular weight is 372 g/mol. The predicted molar refractivity (Wildman–Crippen MR) is 104 cm³/mol. The Morgan fingerprint density at radius 1 is 1.26 bits per heavy atom. The van der Waals surface area contributed by atoms with Crippen molar-refractivity contribution in [3.8, 4) is 0 Å². The van der Waals surface area contributed by atoms with Crippen molar-refractivity contribution in [2.45, 2.75) is 58.6 Å². The normalized spacial score (nSPS) is 17.8. The first-order chi connectivity index (χ1) is 12.7. The van der Waals surface area contributed by atoms with Crippen LogP contribution in [0.1, 0.15) is 56.2 Å². The second kappa shape index (κ2) is 7.62. The lowest BCUT2D eigenvalue weighted by atomic mass is 10.0. The maximum absolute atomic E-state index is 13.0. The summed E-state index contributed by atoms with van der Waals surface area (Å²) in [5, 5.41) is 3.72. The number of rotatable bonds is 3. The summed E-state index contributed by atoms with van der Waals surface area (Å²) in [4.78, 5) is 26.8. The number of likely N-dealkylation sites (tertiary alicyclic amines) is 1. The molecule has 2 amide bonds. The number of hydrogen-bond donors (Lipinski definition) is 1. The van der Waals surface area contributed by atoms with Crippen molar-refractivity contribution in [1.82, 2.24) is 10.2 Å². The molecule has 0 saturated carbocycles. The van der Waals surface area contributed by atoms with Crippen LogP contribution in [0.2, 0.25) is 0 Å². The molecule has 1 aromatic carbocycles. The minimum atomic E-state index is -0.543. The summed E-state index contributed by atoms with van der Waals surface area (Å²) in [5.41, 5.74) is 1.29. The first-order valence-electron chi connectivity index (χ1n) is 9.51. The van der Waals surface area contributed by atoms with Crippen LogP contribution in [0, 0.1) is 6.92 Å². The van der Waals surface area contributed by atoms with Crippen molar-refractivity contribution >= 4 is 23.0 Å². The van der Waals surface area contributed by atoms with Gasteiger partial charge in [0.15, 0.2) is 5.76 Å². The Labute approximate surface area is 159 Å². The molecule has 0 spiro atoms. The van der Waals surface area contributed by atoms with Crippen LogP contribution in [0.3, 0.4) is 0 Å². The smallest absolute Gasteiger partial charge is 0.407 e. The van der Waals surface area contributed by atoms with Crippen LogP contribution in [0.15, 0.2) is 28.7 Å². The molecule has 1 aromatic heterocycles. The van der Waals surface area contributed by atoms with Crippen LogP contribution in [-0.2, 0) is 4.74 Å². The highest BCUT2D eigenvalue weighted by Gasteiger charge is 2.30. The van der Waals surface area contributed by atoms with Gasteiger partial charge in [-0.15, -0.1) is 0 Å². The third-order valence-electron chi connectivity index (χ3n) is 4.65. The summed E-state index contributed by atoms with van der Waals surface area (Å²) < 4.78 is 11.1. The lowest BCUT2D eigenvalue weighted by molar-refractivity contribution is 0.0454. The van der Waals surface area contributed by atoms with Crippen molar-refractivity contribution in [3.05, 3.63) is 35.6 Å². The van der Waals surface area contributed by atoms with E-state index in [4.69, 9.17) is 9.15 Å². The maximum atomic E-state index is 13.0. The van der Waals surface area contributed by atoms with Gasteiger partial charge in [0.05, 0.1) is 0 Å². The number of carbonyl (C=O) groups excluding carboxylic acids is 2. The Morgan fingerprint density at radius 2 is 2.04 bits per heavy atom. The van der Waals surface area contributed by atoms with Crippen LogP contribution in [-0.4, -0.2) is 41.6 Å². The Kier molecular flexibility index (Phi) is 5.44. The summed E-state index contributed by atoms with van der Waals surface area (Å²) >= 11 is 0. The fraction of sp³-hybridized carbons (Fsp3) is 0.524. The number of hydrogen-bond acceptors (Lipinski definition) is 4. The van der Waals surface area contributed by atoms with Crippen LogP contribution in [0.25, 0.3) is 11.0 Å². The Bertz CT molecular complexity index is 834. The van der Waals surface area contributed by atoms with E-state index in [2.05, 4.69) is 5.32 Å². The fourth-order valence-electron chi connectivity index (χ4n) is 3.41. The SMILES string of the molecule is Cc1ccc2oc(C(=O)N3CCCCC3CNC(=O)OC(C)(C)C)cc2c1. The van der Waals surface area contributed by atoms with Gasteiger partial charge in [0.2, 0.25) is 0 Å². The highest BCUT2D eigenvalue weighted by Crippen LogP contribution is 2.25. The molecule has 1 atom stereocenters. The predicted octanol–water partition coefficient (Wildman–Crippen LogP) is 4.26. The molecule has 1 N–H and O–H groups in total. The molecule has 2 aromatic rings. The van der Waals surface area contributed by atoms with E-state index in [1.807, 2.05) is 50.8 Å². The van der Waals surface area contributed by atoms with E-state index >= 15 is 0 Å². The van der Waals surface area contributed by atoms with Crippen LogP contribution in [0.5, 0.6) is 0 Å². The van der Waals surface area contributed by atoms with Crippen molar-refractivity contribution in [2.75, 3.05) is 13.1 Å². The minimum absolute atomic E-state index is 0.0614. The summed E-state index contributed by atoms with van der Waals surface area (Å²) in [5.74, 6) is 0.222. The average Bonchev–Trinajstić information content (AvgIpc) is 3.01. The third kappa shape index (κ3) is 4.81. The van der Waals surface area contributed by atoms with Gasteiger partial charge >= 0.3 is 6.09 Å². The first-order valence-corrected chi connectivity index (χ1v) is 9.51. The molecule has 1 aliphatic rings. The number of furan rings is 1. The summed E-state index contributed by atoms with van der Waals surface area (Å²) in [6.45, 7) is 8.53. The minimum Gasteiger partial charge on any atom is -0.451 e. The molecular weight excluding hydrogens is 344 g/mol. The van der Waals surface area contributed by atoms with E-state index in [0.717, 1.165) is 30.2 Å². The molecule has 3 rings (SSSR count). The Morgan fingerprint density at radius 3 is 2.78 bits per heavy atom. The van der Waals surface area contributed by atoms with E-state index in [9.17, 15) is 9.59 Å². The quantitative estimate of drug-likeness (QED) is 0.874. The molecule has 2 heterocycles. The molecule has 0 bridgehead atoms. The zero-order valence-electron chi connectivity index (χ0n) is 16.5. The van der Waals surface area contributed by atoms with Gasteiger partial charge in [-0.2, -0.15) is 0 Å². The van der Waals surface area contributed by atoms with Crippen LogP contribution >= 0.6 is 0 Å². The number of nitrogens with zero attached hydrogens (tertiary/aromatic N) is 1. The van der Waals surface area contributed by atoms with Gasteiger partial charge in [0, 0.05) is 24.5 Å². The molecule has 6 nitrogen and oxygen atoms in total. The number of benzene rings is 1. The van der Waals surface area contributed by atoms with E-state index in [0.29, 0.717) is 24.4 Å². The largest absolute Gasteiger partial charge is 0.451 e. The number of alkyl carbamates (subject to hydrolysis) is 1. The number of piperidine rings is 1. The second-order valence-electron chi connectivity index (χ2n) is 8.18. The molecule has 0 radical (unpaired) electrons. The number of nitrogens with one attached hydrogen (secondary N) is 1. The standard InChI is InChI=1S/C21H28N2O4/c1-14-8-9-17-15(11-14)12-18(26-17)19(24)23-10-6-5-7-16(23)13-22-20(25)27-21(2,3)4/h8-9,11-12,16H,5-7,10,13H2,1-4H3,(H,22,25). The Hall–Kier alpha value is -2.50. The summed E-state index contributed by atoms with van der Waals surface area (Å²) in [6.07, 6.45) is 2.37. The van der Waals surface area contributed by atoms with Crippen LogP contribution in [0.4, 0.5) is 4.79 Å². The second-order valence-corrected chi connectivity index (χ2v) is 8.18. The summed E-state index contributed by atoms with van der Waals surface area (Å²) in [7, 11) is 0. The van der Waals surface area contributed by atoms with E-state index in [-0.39, 0.29) is 11.9 Å². The lowest BCUT2D eigenvalue weighted by Gasteiger charge is -2.35. The molecule has 1 unspecified atom stereocenters. The van der Waals surface area contributed by atoms with Gasteiger partial charge in [-0.25, -0.2) is 4.79 Å². The van der Waals surface area contributed by atoms with Crippen molar-refractivity contribution < 1.29 is 18.7 Å². The number of aryl methyl sites for hydroxylation is 1. The van der Waals surface area contributed by atoms with Gasteiger partial charge in [-0.3, -0.25) is 4.79 Å². The number of carbonyl (C=O) groups is 2. The number of ether oxygens (including phenoxy) is 1. The topological polar surface area (TPSA) is 71.8 Å². The Balaban J connectivity index is 1.70. The zero-order chi connectivity index (χ0) is 19.6. The summed E-state index contributed by atoms with van der Waals surface area (Å²) in [6, 6.07) is 7.60. The number of fused-ring (bicyclic) bond motifs is 1. The van der Waals surface area contributed by atoms with Crippen molar-refractivity contribution in [1.29, 1.82) is 0 Å². The lowest BCUT2D eigenvalue weighted by Crippen LogP contribution is -2.49. The highest BCUT2D eigenvalue weighted by molar-refractivity contribution is 5.96. The number of amides is 2. The highest BCUT2D eigenvalue weighted by atomic mass is 16.6. The fourth-order valence-corrected chi connectivity index (χ4v) is 3.41. The van der Waals surface area contributed by atoms with Gasteiger partial charge < -0.3 is 19.4 Å². The molecule has 1 aliphatic heterocycles. The zero-order valence-corrected chi connectivity index (χ0v) is 16.5. The molecule has 0 aliphatic carbocycles. The monoisotopic (exact) mass is 372 g/mol. The van der Waals surface area contributed by atoms with E-state index in [1.165, 1.54) is 0 Å². The molecule has 27 heavy (non-hydrogen) atoms. The van der Waals surface area contributed by atoms with Gasteiger partial charge in [0.25, 0.3) is 5.91 Å². The van der Waals surface area contributed by atoms with E-state index in [1.54, 1.807) is 6.07 Å². The molecule has 1 fully saturated rings. The molecule has 6 heteroatoms. The van der Waals surface area contributed by atoms with Gasteiger partial charge in [0.1, 0.15) is 11.2 Å². The maximum Gasteiger partial charge on any atom is 0.407 e. The third-order valence-corrected chi connectivity index (χ3v) is 4.65.